The first kappa shape index (κ1) is 16.1. The summed E-state index contributed by atoms with van der Waals surface area (Å²) >= 11 is 0. The first-order chi connectivity index (χ1) is 7.90. The molecule has 0 aliphatic carbocycles. The second-order valence-electron chi connectivity index (χ2n) is 3.20. The van der Waals surface area contributed by atoms with Gasteiger partial charge >= 0.3 is 6.18 Å². The van der Waals surface area contributed by atoms with Crippen molar-refractivity contribution in [3.05, 3.63) is 0 Å². The number of hydrogen-bond donors (Lipinski definition) is 1. The van der Waals surface area contributed by atoms with Crippen LogP contribution in [0.15, 0.2) is 0 Å². The highest BCUT2D eigenvalue weighted by Crippen LogP contribution is 2.16. The van der Waals surface area contributed by atoms with Crippen LogP contribution >= 0.6 is 0 Å². The van der Waals surface area contributed by atoms with Gasteiger partial charge in [0.25, 0.3) is 0 Å². The lowest BCUT2D eigenvalue weighted by atomic mass is 10.4. The number of nitrogens with zero attached hydrogens (tertiary/aromatic N) is 1. The zero-order valence-electron chi connectivity index (χ0n) is 9.50. The average Bonchev–Trinajstić information content (AvgIpc) is 2.21. The molecule has 0 saturated heterocycles. The van der Waals surface area contributed by atoms with Crippen LogP contribution in [0.25, 0.3) is 0 Å². The summed E-state index contributed by atoms with van der Waals surface area (Å²) < 4.78 is 45.7. The molecule has 0 bridgehead atoms. The van der Waals surface area contributed by atoms with Gasteiger partial charge in [-0.1, -0.05) is 0 Å². The van der Waals surface area contributed by atoms with Gasteiger partial charge in [-0.2, -0.15) is 13.2 Å². The fraction of sp³-hybridized carbons (Fsp3) is 0.889. The summed E-state index contributed by atoms with van der Waals surface area (Å²) in [5.41, 5.74) is 0. The van der Waals surface area contributed by atoms with Gasteiger partial charge in [-0.05, 0) is 0 Å². The van der Waals surface area contributed by atoms with Crippen molar-refractivity contribution in [3.63, 3.8) is 0 Å². The van der Waals surface area contributed by atoms with E-state index in [-0.39, 0.29) is 19.8 Å². The molecular formula is C9H16F3NO4. The minimum Gasteiger partial charge on any atom is -0.395 e. The maximum Gasteiger partial charge on any atom is 0.406 e. The number of amides is 1. The number of hydrogen-bond acceptors (Lipinski definition) is 4. The monoisotopic (exact) mass is 259 g/mol. The molecule has 0 rings (SSSR count). The summed E-state index contributed by atoms with van der Waals surface area (Å²) in [6, 6.07) is 0. The number of carbonyl (C=O) groups excluding carboxylic acids is 1. The quantitative estimate of drug-likeness (QED) is 0.625. The van der Waals surface area contributed by atoms with E-state index in [0.29, 0.717) is 4.90 Å². The molecule has 0 spiro atoms. The van der Waals surface area contributed by atoms with E-state index in [4.69, 9.17) is 9.84 Å². The van der Waals surface area contributed by atoms with Crippen molar-refractivity contribution in [2.75, 3.05) is 46.6 Å². The number of carbonyl (C=O) groups is 1. The molecule has 0 saturated carbocycles. The minimum absolute atomic E-state index is 0.126. The number of ether oxygens (including phenoxy) is 2. The van der Waals surface area contributed by atoms with Crippen molar-refractivity contribution in [1.29, 1.82) is 0 Å². The standard InChI is InChI=1S/C9H16F3NO4/c1-16-4-5-17-6-8(15)13(2-3-14)7-9(10,11)12/h14H,2-7H2,1H3. The van der Waals surface area contributed by atoms with Crippen LogP contribution in [0.2, 0.25) is 0 Å². The molecule has 0 heterocycles. The van der Waals surface area contributed by atoms with Crippen molar-refractivity contribution in [2.45, 2.75) is 6.18 Å². The van der Waals surface area contributed by atoms with Crippen LogP contribution in [-0.4, -0.2) is 68.7 Å². The topological polar surface area (TPSA) is 59.0 Å². The van der Waals surface area contributed by atoms with Crippen LogP contribution in [-0.2, 0) is 14.3 Å². The van der Waals surface area contributed by atoms with Gasteiger partial charge in [0.05, 0.1) is 19.8 Å². The summed E-state index contributed by atoms with van der Waals surface area (Å²) in [6.07, 6.45) is -4.49. The van der Waals surface area contributed by atoms with Gasteiger partial charge in [-0.15, -0.1) is 0 Å². The van der Waals surface area contributed by atoms with Crippen molar-refractivity contribution >= 4 is 5.91 Å². The van der Waals surface area contributed by atoms with E-state index in [2.05, 4.69) is 4.74 Å². The van der Waals surface area contributed by atoms with Crippen LogP contribution in [0.5, 0.6) is 0 Å². The fourth-order valence-corrected chi connectivity index (χ4v) is 1.02. The van der Waals surface area contributed by atoms with Gasteiger partial charge in [0.1, 0.15) is 13.2 Å². The summed E-state index contributed by atoms with van der Waals surface area (Å²) in [5.74, 6) is -0.813. The van der Waals surface area contributed by atoms with Crippen LogP contribution in [0.4, 0.5) is 13.2 Å². The molecule has 0 aromatic carbocycles. The van der Waals surface area contributed by atoms with Gasteiger partial charge in [-0.25, -0.2) is 0 Å². The van der Waals surface area contributed by atoms with E-state index in [1.807, 2.05) is 0 Å². The van der Waals surface area contributed by atoms with E-state index >= 15 is 0 Å². The maximum absolute atomic E-state index is 12.1. The van der Waals surface area contributed by atoms with Crippen LogP contribution < -0.4 is 0 Å². The third-order valence-corrected chi connectivity index (χ3v) is 1.75. The molecular weight excluding hydrogens is 243 g/mol. The smallest absolute Gasteiger partial charge is 0.395 e. The molecule has 102 valence electrons. The second-order valence-corrected chi connectivity index (χ2v) is 3.20. The minimum atomic E-state index is -4.49. The molecule has 0 fully saturated rings. The average molecular weight is 259 g/mol. The van der Waals surface area contributed by atoms with Crippen molar-refractivity contribution < 1.29 is 32.5 Å². The SMILES string of the molecule is COCCOCC(=O)N(CCO)CC(F)(F)F. The van der Waals surface area contributed by atoms with Crippen LogP contribution in [0.3, 0.4) is 0 Å². The van der Waals surface area contributed by atoms with Gasteiger partial charge in [0, 0.05) is 13.7 Å². The highest BCUT2D eigenvalue weighted by molar-refractivity contribution is 5.77. The molecule has 0 aromatic rings. The Morgan fingerprint density at radius 3 is 2.47 bits per heavy atom. The molecule has 5 nitrogen and oxygen atoms in total. The summed E-state index contributed by atoms with van der Waals surface area (Å²) in [4.78, 5) is 11.8. The largest absolute Gasteiger partial charge is 0.406 e. The molecule has 0 radical (unpaired) electrons. The Kier molecular flexibility index (Phi) is 7.85. The molecule has 0 aliphatic rings. The fourth-order valence-electron chi connectivity index (χ4n) is 1.02. The van der Waals surface area contributed by atoms with Gasteiger partial charge in [0.2, 0.25) is 5.91 Å². The maximum atomic E-state index is 12.1. The Hall–Kier alpha value is -0.860. The van der Waals surface area contributed by atoms with Crippen molar-refractivity contribution in [3.8, 4) is 0 Å². The highest BCUT2D eigenvalue weighted by atomic mass is 19.4. The van der Waals surface area contributed by atoms with Gasteiger partial charge in [0.15, 0.2) is 0 Å². The van der Waals surface area contributed by atoms with Crippen molar-refractivity contribution in [2.24, 2.45) is 0 Å². The lowest BCUT2D eigenvalue weighted by Gasteiger charge is -2.22. The molecule has 0 aromatic heterocycles. The Bertz CT molecular complexity index is 223. The van der Waals surface area contributed by atoms with Crippen LogP contribution in [0, 0.1) is 0 Å². The van der Waals surface area contributed by atoms with Crippen molar-refractivity contribution in [1.82, 2.24) is 4.90 Å². The van der Waals surface area contributed by atoms with Gasteiger partial charge in [-0.3, -0.25) is 4.79 Å². The molecule has 1 amide bonds. The summed E-state index contributed by atoms with van der Waals surface area (Å²) in [7, 11) is 1.44. The number of rotatable bonds is 8. The Labute approximate surface area is 97.1 Å². The lowest BCUT2D eigenvalue weighted by Crippen LogP contribution is -2.42. The normalized spacial score (nSPS) is 11.6. The molecule has 0 atom stereocenters. The molecule has 1 N–H and O–H groups in total. The van der Waals surface area contributed by atoms with E-state index in [1.165, 1.54) is 7.11 Å². The number of alkyl halides is 3. The van der Waals surface area contributed by atoms with E-state index in [0.717, 1.165) is 0 Å². The summed E-state index contributed by atoms with van der Waals surface area (Å²) in [6.45, 7) is -2.36. The Balaban J connectivity index is 4.06. The predicted molar refractivity (Wildman–Crippen MR) is 52.4 cm³/mol. The third-order valence-electron chi connectivity index (χ3n) is 1.75. The highest BCUT2D eigenvalue weighted by Gasteiger charge is 2.32. The first-order valence-electron chi connectivity index (χ1n) is 4.92. The van der Waals surface area contributed by atoms with Crippen LogP contribution in [0.1, 0.15) is 0 Å². The first-order valence-corrected chi connectivity index (χ1v) is 4.92. The van der Waals surface area contributed by atoms with E-state index in [9.17, 15) is 18.0 Å². The van der Waals surface area contributed by atoms with Gasteiger partial charge < -0.3 is 19.5 Å². The Morgan fingerprint density at radius 1 is 1.35 bits per heavy atom. The second kappa shape index (κ2) is 8.26. The Morgan fingerprint density at radius 2 is 2.00 bits per heavy atom. The van der Waals surface area contributed by atoms with E-state index < -0.39 is 31.8 Å². The molecule has 17 heavy (non-hydrogen) atoms. The number of halogens is 3. The number of methoxy groups -OCH3 is 1. The molecule has 0 aliphatic heterocycles. The molecule has 0 unspecified atom stereocenters. The summed E-state index contributed by atoms with van der Waals surface area (Å²) in [5, 5.41) is 8.57. The third kappa shape index (κ3) is 8.90. The number of aliphatic hydroxyl groups is 1. The predicted octanol–water partition coefficient (Wildman–Crippen LogP) is 0.0326. The lowest BCUT2D eigenvalue weighted by molar-refractivity contribution is -0.164. The zero-order valence-corrected chi connectivity index (χ0v) is 9.50. The number of aliphatic hydroxyl groups excluding tert-OH is 1. The van der Waals surface area contributed by atoms with E-state index in [1.54, 1.807) is 0 Å². The zero-order chi connectivity index (χ0) is 13.3. The molecule has 8 heteroatoms.